The second-order valence-corrected chi connectivity index (χ2v) is 11.4. The van der Waals surface area contributed by atoms with Crippen molar-refractivity contribution in [3.8, 4) is 0 Å². The summed E-state index contributed by atoms with van der Waals surface area (Å²) in [6, 6.07) is 10.7. The van der Waals surface area contributed by atoms with Crippen molar-refractivity contribution in [2.24, 2.45) is 11.8 Å². The molecule has 4 unspecified atom stereocenters. The molecule has 5 nitrogen and oxygen atoms in total. The van der Waals surface area contributed by atoms with Gasteiger partial charge in [-0.1, -0.05) is 36.2 Å². The summed E-state index contributed by atoms with van der Waals surface area (Å²) in [5, 5.41) is 14.7. The van der Waals surface area contributed by atoms with Crippen molar-refractivity contribution >= 4 is 51.9 Å². The Balaban J connectivity index is 1.73. The van der Waals surface area contributed by atoms with Crippen molar-refractivity contribution in [1.29, 1.82) is 0 Å². The number of thiophene rings is 2. The minimum atomic E-state index is -1.12. The van der Waals surface area contributed by atoms with E-state index >= 15 is 0 Å². The number of hydrogen-bond donors (Lipinski definition) is 1. The van der Waals surface area contributed by atoms with Crippen molar-refractivity contribution in [2.75, 3.05) is 0 Å². The fourth-order valence-electron chi connectivity index (χ4n) is 5.26. The van der Waals surface area contributed by atoms with Crippen molar-refractivity contribution in [3.63, 3.8) is 0 Å². The van der Waals surface area contributed by atoms with E-state index in [0.717, 1.165) is 34.6 Å². The number of rotatable bonds is 6. The van der Waals surface area contributed by atoms with E-state index in [1.165, 1.54) is 22.7 Å². The zero-order valence-electron chi connectivity index (χ0n) is 18.5. The molecule has 2 aliphatic rings. The molecule has 3 aromatic rings. The Hall–Kier alpha value is -2.48. The van der Waals surface area contributed by atoms with Gasteiger partial charge in [-0.05, 0) is 60.4 Å². The first-order valence-corrected chi connectivity index (χ1v) is 13.4. The second-order valence-electron chi connectivity index (χ2n) is 9.01. The molecule has 1 N–H and O–H groups in total. The molecule has 34 heavy (non-hydrogen) atoms. The third-order valence-corrected chi connectivity index (χ3v) is 9.38. The summed E-state index contributed by atoms with van der Waals surface area (Å²) in [5.74, 6) is -2.99. The lowest BCUT2D eigenvalue weighted by molar-refractivity contribution is -0.153. The van der Waals surface area contributed by atoms with Crippen LogP contribution in [0, 0.1) is 18.8 Å². The number of halogens is 1. The van der Waals surface area contributed by atoms with Gasteiger partial charge in [0.1, 0.15) is 6.04 Å². The van der Waals surface area contributed by atoms with Gasteiger partial charge in [-0.15, -0.1) is 22.7 Å². The molecule has 4 atom stereocenters. The summed E-state index contributed by atoms with van der Waals surface area (Å²) in [6.07, 6.45) is 2.48. The normalized spacial score (nSPS) is 24.7. The summed E-state index contributed by atoms with van der Waals surface area (Å²) < 4.78 is 0. The van der Waals surface area contributed by atoms with E-state index in [4.69, 9.17) is 11.6 Å². The summed E-state index contributed by atoms with van der Waals surface area (Å²) >= 11 is 9.12. The zero-order valence-corrected chi connectivity index (χ0v) is 20.9. The van der Waals surface area contributed by atoms with Crippen LogP contribution in [-0.4, -0.2) is 33.7 Å². The Morgan fingerprint density at radius 3 is 2.41 bits per heavy atom. The van der Waals surface area contributed by atoms with Crippen LogP contribution in [0.25, 0.3) is 0 Å². The molecule has 2 aromatic heterocycles. The molecule has 8 heteroatoms. The molecule has 0 bridgehead atoms. The van der Waals surface area contributed by atoms with Crippen LogP contribution in [0.15, 0.2) is 53.2 Å². The number of aliphatic carboxylic acids is 1. The minimum Gasteiger partial charge on any atom is -0.480 e. The monoisotopic (exact) mass is 513 g/mol. The van der Waals surface area contributed by atoms with E-state index < -0.39 is 29.9 Å². The molecule has 1 amide bonds. The number of carbonyl (C=O) groups is 3. The van der Waals surface area contributed by atoms with Crippen LogP contribution in [0.1, 0.15) is 56.9 Å². The number of Topliss-reactive ketones (excluding diaryl/α,β-unsaturated/α-hetero) is 1. The number of ketones is 1. The van der Waals surface area contributed by atoms with Gasteiger partial charge in [-0.2, -0.15) is 0 Å². The first kappa shape index (κ1) is 23.3. The number of carbonyl (C=O) groups excluding carboxylic acids is 2. The highest BCUT2D eigenvalue weighted by Gasteiger charge is 2.59. The van der Waals surface area contributed by atoms with Crippen LogP contribution >= 0.6 is 34.3 Å². The molecule has 5 rings (SSSR count). The van der Waals surface area contributed by atoms with Crippen LogP contribution in [0.2, 0.25) is 5.02 Å². The van der Waals surface area contributed by atoms with Crippen molar-refractivity contribution in [3.05, 3.63) is 79.1 Å². The highest BCUT2D eigenvalue weighted by Crippen LogP contribution is 2.54. The Kier molecular flexibility index (Phi) is 6.35. The zero-order chi connectivity index (χ0) is 24.0. The van der Waals surface area contributed by atoms with Gasteiger partial charge in [-0.25, -0.2) is 4.79 Å². The first-order chi connectivity index (χ1) is 16.4. The molecule has 1 aliphatic heterocycles. The van der Waals surface area contributed by atoms with Crippen molar-refractivity contribution in [1.82, 2.24) is 4.90 Å². The van der Waals surface area contributed by atoms with E-state index in [9.17, 15) is 19.5 Å². The minimum absolute atomic E-state index is 0.153. The lowest BCUT2D eigenvalue weighted by atomic mass is 9.79. The summed E-state index contributed by atoms with van der Waals surface area (Å²) in [6.45, 7) is 1.95. The molecular weight excluding hydrogens is 490 g/mol. The van der Waals surface area contributed by atoms with Crippen molar-refractivity contribution < 1.29 is 19.5 Å². The third-order valence-electron chi connectivity index (χ3n) is 7.08. The number of hydrogen-bond acceptors (Lipinski definition) is 5. The maximum atomic E-state index is 14.1. The van der Waals surface area contributed by atoms with Gasteiger partial charge in [0.2, 0.25) is 5.91 Å². The largest absolute Gasteiger partial charge is 0.480 e. The van der Waals surface area contributed by atoms with E-state index in [-0.39, 0.29) is 17.6 Å². The third kappa shape index (κ3) is 3.89. The number of likely N-dealkylation sites (tertiary alicyclic amines) is 1. The summed E-state index contributed by atoms with van der Waals surface area (Å²) in [5.41, 5.74) is 1.39. The topological polar surface area (TPSA) is 74.7 Å². The molecule has 176 valence electrons. The predicted molar refractivity (Wildman–Crippen MR) is 134 cm³/mol. The van der Waals surface area contributed by atoms with Crippen LogP contribution in [0.3, 0.4) is 0 Å². The average molecular weight is 514 g/mol. The first-order valence-electron chi connectivity index (χ1n) is 11.3. The van der Waals surface area contributed by atoms with Crippen LogP contribution in [-0.2, 0) is 9.59 Å². The number of carboxylic acids is 1. The Morgan fingerprint density at radius 2 is 1.85 bits per heavy atom. The molecule has 0 radical (unpaired) electrons. The predicted octanol–water partition coefficient (Wildman–Crippen LogP) is 6.19. The molecule has 0 spiro atoms. The second kappa shape index (κ2) is 9.29. The van der Waals surface area contributed by atoms with E-state index in [1.807, 2.05) is 35.9 Å². The standard InChI is InChI=1S/C26H24ClNO4S2/c1-14-10-12-34-24(14)21-20(23(29)16-7-3-8-17(27)13-16)19(18-9-4-11-33-18)22(26(31)32)28(21)25(30)15-5-2-6-15/h3-4,7-13,15,19-22H,2,5-6H2,1H3,(H,31,32). The molecule has 1 saturated heterocycles. The number of carboxylic acid groups (broad SMARTS) is 1. The fourth-order valence-corrected chi connectivity index (χ4v) is 7.42. The quantitative estimate of drug-likeness (QED) is 0.399. The van der Waals surface area contributed by atoms with Gasteiger partial charge >= 0.3 is 5.97 Å². The molecule has 1 aliphatic carbocycles. The molecule has 1 saturated carbocycles. The van der Waals surface area contributed by atoms with Crippen molar-refractivity contribution in [2.45, 2.75) is 44.2 Å². The number of amides is 1. The van der Waals surface area contributed by atoms with E-state index in [0.29, 0.717) is 10.6 Å². The lowest BCUT2D eigenvalue weighted by Gasteiger charge is -2.36. The molecule has 1 aromatic carbocycles. The lowest BCUT2D eigenvalue weighted by Crippen LogP contribution is -2.47. The van der Waals surface area contributed by atoms with Gasteiger partial charge in [0.05, 0.1) is 12.0 Å². The average Bonchev–Trinajstić information content (AvgIpc) is 3.49. The Labute approximate surface area is 211 Å². The van der Waals surface area contributed by atoms with Crippen LogP contribution < -0.4 is 0 Å². The molecular formula is C26H24ClNO4S2. The van der Waals surface area contributed by atoms with E-state index in [1.54, 1.807) is 29.2 Å². The maximum absolute atomic E-state index is 14.1. The Bertz CT molecular complexity index is 1230. The van der Waals surface area contributed by atoms with Gasteiger partial charge in [-0.3, -0.25) is 9.59 Å². The number of nitrogens with zero attached hydrogens (tertiary/aromatic N) is 1. The van der Waals surface area contributed by atoms with Crippen LogP contribution in [0.5, 0.6) is 0 Å². The van der Waals surface area contributed by atoms with Gasteiger partial charge < -0.3 is 10.0 Å². The highest BCUT2D eigenvalue weighted by atomic mass is 35.5. The SMILES string of the molecule is Cc1ccsc1C1C(C(=O)c2cccc(Cl)c2)C(c2cccs2)C(C(=O)O)N1C(=O)C1CCC1. The smallest absolute Gasteiger partial charge is 0.327 e. The molecule has 3 heterocycles. The summed E-state index contributed by atoms with van der Waals surface area (Å²) in [4.78, 5) is 43.9. The van der Waals surface area contributed by atoms with Gasteiger partial charge in [0.25, 0.3) is 0 Å². The van der Waals surface area contributed by atoms with E-state index in [2.05, 4.69) is 0 Å². The Morgan fingerprint density at radius 1 is 1.06 bits per heavy atom. The van der Waals surface area contributed by atoms with Crippen LogP contribution in [0.4, 0.5) is 0 Å². The number of aryl methyl sites for hydroxylation is 1. The fraction of sp³-hybridized carbons (Fsp3) is 0.346. The van der Waals surface area contributed by atoms with Gasteiger partial charge in [0, 0.05) is 32.2 Å². The van der Waals surface area contributed by atoms with Gasteiger partial charge in [0.15, 0.2) is 5.78 Å². The molecule has 2 fully saturated rings. The highest BCUT2D eigenvalue weighted by molar-refractivity contribution is 7.10. The number of benzene rings is 1. The maximum Gasteiger partial charge on any atom is 0.327 e. The summed E-state index contributed by atoms with van der Waals surface area (Å²) in [7, 11) is 0.